The van der Waals surface area contributed by atoms with Crippen molar-refractivity contribution in [1.29, 1.82) is 0 Å². The summed E-state index contributed by atoms with van der Waals surface area (Å²) in [5.74, 6) is 1.09. The summed E-state index contributed by atoms with van der Waals surface area (Å²) in [6, 6.07) is 1.92. The number of aliphatic hydroxyl groups excluding tert-OH is 1. The minimum atomic E-state index is -0.0818. The Morgan fingerprint density at radius 1 is 1.54 bits per heavy atom. The Kier molecular flexibility index (Phi) is 3.25. The molecular formula is C10H15NO2. The van der Waals surface area contributed by atoms with Gasteiger partial charge in [0.15, 0.2) is 0 Å². The molecule has 0 unspecified atom stereocenters. The molecule has 0 aliphatic heterocycles. The van der Waals surface area contributed by atoms with E-state index in [2.05, 4.69) is 18.8 Å². The van der Waals surface area contributed by atoms with Crippen molar-refractivity contribution in [2.45, 2.75) is 26.4 Å². The lowest BCUT2D eigenvalue weighted by Gasteiger charge is -2.09. The van der Waals surface area contributed by atoms with Gasteiger partial charge < -0.3 is 9.84 Å². The van der Waals surface area contributed by atoms with Crippen LogP contribution in [0.1, 0.15) is 31.0 Å². The number of aliphatic hydroxyl groups is 1. The summed E-state index contributed by atoms with van der Waals surface area (Å²) in [6.07, 6.45) is 1.78. The van der Waals surface area contributed by atoms with Crippen LogP contribution in [-0.4, -0.2) is 17.2 Å². The van der Waals surface area contributed by atoms with E-state index in [1.807, 2.05) is 6.07 Å². The average molecular weight is 181 g/mol. The third-order valence-corrected chi connectivity index (χ3v) is 1.99. The molecule has 1 heterocycles. The predicted octanol–water partition coefficient (Wildman–Crippen LogP) is 1.71. The molecule has 0 aromatic carbocycles. The average Bonchev–Trinajstić information content (AvgIpc) is 2.16. The van der Waals surface area contributed by atoms with E-state index in [0.29, 0.717) is 17.4 Å². The molecule has 1 rings (SSSR count). The highest BCUT2D eigenvalue weighted by atomic mass is 16.5. The first-order valence-electron chi connectivity index (χ1n) is 4.32. The molecule has 0 amide bonds. The minimum Gasteiger partial charge on any atom is -0.495 e. The molecule has 0 spiro atoms. The Balaban J connectivity index is 3.05. The van der Waals surface area contributed by atoms with Crippen molar-refractivity contribution >= 4 is 0 Å². The first-order valence-corrected chi connectivity index (χ1v) is 4.32. The molecule has 0 aliphatic carbocycles. The van der Waals surface area contributed by atoms with Gasteiger partial charge >= 0.3 is 0 Å². The predicted molar refractivity (Wildman–Crippen MR) is 50.8 cm³/mol. The van der Waals surface area contributed by atoms with E-state index in [-0.39, 0.29) is 6.61 Å². The summed E-state index contributed by atoms with van der Waals surface area (Å²) in [4.78, 5) is 4.11. The topological polar surface area (TPSA) is 42.4 Å². The lowest BCUT2D eigenvalue weighted by molar-refractivity contribution is 0.268. The van der Waals surface area contributed by atoms with Crippen molar-refractivity contribution in [2.75, 3.05) is 7.11 Å². The van der Waals surface area contributed by atoms with Gasteiger partial charge in [0.25, 0.3) is 0 Å². The number of pyridine rings is 1. The summed E-state index contributed by atoms with van der Waals surface area (Å²) < 4.78 is 5.10. The number of aromatic nitrogens is 1. The molecule has 0 radical (unpaired) electrons. The molecule has 0 saturated carbocycles. The normalized spacial score (nSPS) is 10.5. The van der Waals surface area contributed by atoms with Gasteiger partial charge in [-0.3, -0.25) is 4.98 Å². The molecule has 0 aliphatic rings. The number of hydrogen-bond acceptors (Lipinski definition) is 3. The van der Waals surface area contributed by atoms with Crippen LogP contribution in [-0.2, 0) is 6.61 Å². The molecule has 3 heteroatoms. The Bertz CT molecular complexity index is 284. The summed E-state index contributed by atoms with van der Waals surface area (Å²) in [5.41, 5.74) is 1.71. The fraction of sp³-hybridized carbons (Fsp3) is 0.500. The molecule has 0 bridgehead atoms. The van der Waals surface area contributed by atoms with Crippen LogP contribution in [0.15, 0.2) is 12.3 Å². The molecule has 3 nitrogen and oxygen atoms in total. The van der Waals surface area contributed by atoms with Crippen LogP contribution in [0.4, 0.5) is 0 Å². The molecule has 1 aromatic heterocycles. The number of ether oxygens (including phenoxy) is 1. The van der Waals surface area contributed by atoms with Gasteiger partial charge in [-0.25, -0.2) is 0 Å². The summed E-state index contributed by atoms with van der Waals surface area (Å²) in [6.45, 7) is 4.10. The van der Waals surface area contributed by atoms with Crippen LogP contribution < -0.4 is 4.74 Å². The molecule has 0 atom stereocenters. The summed E-state index contributed by atoms with van der Waals surface area (Å²) in [7, 11) is 1.58. The molecule has 13 heavy (non-hydrogen) atoms. The quantitative estimate of drug-likeness (QED) is 0.771. The first kappa shape index (κ1) is 9.99. The molecule has 0 fully saturated rings. The highest BCUT2D eigenvalue weighted by Gasteiger charge is 2.06. The van der Waals surface area contributed by atoms with Gasteiger partial charge in [0.05, 0.1) is 13.7 Å². The van der Waals surface area contributed by atoms with Crippen LogP contribution in [0.3, 0.4) is 0 Å². The van der Waals surface area contributed by atoms with Crippen LogP contribution in [0.5, 0.6) is 5.75 Å². The van der Waals surface area contributed by atoms with Crippen molar-refractivity contribution in [2.24, 2.45) is 0 Å². The zero-order chi connectivity index (χ0) is 9.84. The van der Waals surface area contributed by atoms with Gasteiger partial charge in [-0.1, -0.05) is 13.8 Å². The van der Waals surface area contributed by atoms with Crippen molar-refractivity contribution in [3.05, 3.63) is 23.5 Å². The third-order valence-electron chi connectivity index (χ3n) is 1.99. The second-order valence-electron chi connectivity index (χ2n) is 3.23. The van der Waals surface area contributed by atoms with Gasteiger partial charge in [-0.05, 0) is 17.5 Å². The largest absolute Gasteiger partial charge is 0.495 e. The number of hydrogen-bond donors (Lipinski definition) is 1. The Hall–Kier alpha value is -1.09. The van der Waals surface area contributed by atoms with Gasteiger partial charge in [0, 0.05) is 6.20 Å². The highest BCUT2D eigenvalue weighted by molar-refractivity contribution is 5.32. The molecule has 0 saturated heterocycles. The minimum absolute atomic E-state index is 0.0818. The Labute approximate surface area is 78.4 Å². The maximum atomic E-state index is 8.94. The van der Waals surface area contributed by atoms with E-state index in [0.717, 1.165) is 5.56 Å². The van der Waals surface area contributed by atoms with Gasteiger partial charge in [-0.2, -0.15) is 0 Å². The van der Waals surface area contributed by atoms with E-state index in [4.69, 9.17) is 9.84 Å². The lowest BCUT2D eigenvalue weighted by atomic mass is 10.1. The van der Waals surface area contributed by atoms with Crippen LogP contribution >= 0.6 is 0 Å². The number of nitrogens with zero attached hydrogens (tertiary/aromatic N) is 1. The standard InChI is InChI=1S/C10H15NO2/c1-7(2)8-4-10(13-3)9(6-12)11-5-8/h4-5,7,12H,6H2,1-3H3. The monoisotopic (exact) mass is 181 g/mol. The fourth-order valence-electron chi connectivity index (χ4n) is 1.10. The first-order chi connectivity index (χ1) is 6.19. The second kappa shape index (κ2) is 4.23. The van der Waals surface area contributed by atoms with E-state index >= 15 is 0 Å². The lowest BCUT2D eigenvalue weighted by Crippen LogP contribution is -1.98. The van der Waals surface area contributed by atoms with E-state index in [1.54, 1.807) is 13.3 Å². The molecule has 1 N–H and O–H groups in total. The van der Waals surface area contributed by atoms with Crippen molar-refractivity contribution in [3.8, 4) is 5.75 Å². The summed E-state index contributed by atoms with van der Waals surface area (Å²) >= 11 is 0. The number of rotatable bonds is 3. The zero-order valence-corrected chi connectivity index (χ0v) is 8.24. The van der Waals surface area contributed by atoms with Gasteiger partial charge in [0.2, 0.25) is 0 Å². The van der Waals surface area contributed by atoms with Crippen LogP contribution in [0.25, 0.3) is 0 Å². The second-order valence-corrected chi connectivity index (χ2v) is 3.23. The van der Waals surface area contributed by atoms with E-state index in [9.17, 15) is 0 Å². The maximum absolute atomic E-state index is 8.94. The maximum Gasteiger partial charge on any atom is 0.143 e. The zero-order valence-electron chi connectivity index (χ0n) is 8.24. The van der Waals surface area contributed by atoms with Crippen molar-refractivity contribution < 1.29 is 9.84 Å². The Morgan fingerprint density at radius 2 is 2.23 bits per heavy atom. The van der Waals surface area contributed by atoms with Crippen molar-refractivity contribution in [3.63, 3.8) is 0 Å². The fourth-order valence-corrected chi connectivity index (χ4v) is 1.10. The number of methoxy groups -OCH3 is 1. The van der Waals surface area contributed by atoms with E-state index in [1.165, 1.54) is 0 Å². The SMILES string of the molecule is COc1cc(C(C)C)cnc1CO. The molecule has 1 aromatic rings. The highest BCUT2D eigenvalue weighted by Crippen LogP contribution is 2.22. The van der Waals surface area contributed by atoms with Gasteiger partial charge in [-0.15, -0.1) is 0 Å². The van der Waals surface area contributed by atoms with Crippen LogP contribution in [0.2, 0.25) is 0 Å². The smallest absolute Gasteiger partial charge is 0.143 e. The van der Waals surface area contributed by atoms with Crippen molar-refractivity contribution in [1.82, 2.24) is 4.98 Å². The van der Waals surface area contributed by atoms with Crippen LogP contribution in [0, 0.1) is 0 Å². The van der Waals surface area contributed by atoms with E-state index < -0.39 is 0 Å². The molecular weight excluding hydrogens is 166 g/mol. The van der Waals surface area contributed by atoms with Gasteiger partial charge in [0.1, 0.15) is 11.4 Å². The molecule has 72 valence electrons. The Morgan fingerprint density at radius 3 is 2.69 bits per heavy atom. The summed E-state index contributed by atoms with van der Waals surface area (Å²) in [5, 5.41) is 8.94. The third kappa shape index (κ3) is 2.18.